The van der Waals surface area contributed by atoms with Crippen LogP contribution in [0.2, 0.25) is 0 Å². The molecule has 0 aliphatic rings. The normalized spacial score (nSPS) is 12.2. The molecular weight excluding hydrogens is 236 g/mol. The molecule has 17 heavy (non-hydrogen) atoms. The second-order valence-corrected chi connectivity index (χ2v) is 4.90. The number of aromatic nitrogens is 1. The van der Waals surface area contributed by atoms with Crippen molar-refractivity contribution in [2.75, 3.05) is 19.1 Å². The summed E-state index contributed by atoms with van der Waals surface area (Å²) in [5, 5.41) is 9.57. The fourth-order valence-electron chi connectivity index (χ4n) is 1.41. The first-order valence-electron chi connectivity index (χ1n) is 5.48. The molecule has 1 rings (SSSR count). The molecule has 0 saturated carbocycles. The van der Waals surface area contributed by atoms with E-state index in [1.54, 1.807) is 29.8 Å². The zero-order valence-electron chi connectivity index (χ0n) is 10.4. The summed E-state index contributed by atoms with van der Waals surface area (Å²) in [5.74, 6) is 0.700. The summed E-state index contributed by atoms with van der Waals surface area (Å²) >= 11 is 1.76. The molecule has 1 heterocycles. The van der Waals surface area contributed by atoms with Crippen LogP contribution >= 0.6 is 11.8 Å². The highest BCUT2D eigenvalue weighted by Crippen LogP contribution is 2.16. The fourth-order valence-corrected chi connectivity index (χ4v) is 1.99. The Balaban J connectivity index is 2.73. The van der Waals surface area contributed by atoms with Gasteiger partial charge in [0.05, 0.1) is 0 Å². The van der Waals surface area contributed by atoms with Crippen LogP contribution in [0.15, 0.2) is 18.3 Å². The maximum atomic E-state index is 12.1. The monoisotopic (exact) mass is 254 g/mol. The van der Waals surface area contributed by atoms with Crippen molar-refractivity contribution in [3.8, 4) is 5.75 Å². The summed E-state index contributed by atoms with van der Waals surface area (Å²) in [6, 6.07) is 3.21. The molecule has 0 aliphatic carbocycles. The van der Waals surface area contributed by atoms with E-state index in [9.17, 15) is 9.90 Å². The number of hydrogen-bond acceptors (Lipinski definition) is 4. The van der Waals surface area contributed by atoms with Crippen LogP contribution in [0.25, 0.3) is 0 Å². The summed E-state index contributed by atoms with van der Waals surface area (Å²) < 4.78 is 0. The predicted octanol–water partition coefficient (Wildman–Crippen LogP) is 2.00. The minimum absolute atomic E-state index is 0.0681. The number of rotatable bonds is 5. The van der Waals surface area contributed by atoms with Gasteiger partial charge in [0.2, 0.25) is 0 Å². The predicted molar refractivity (Wildman–Crippen MR) is 70.5 cm³/mol. The van der Waals surface area contributed by atoms with E-state index < -0.39 is 0 Å². The lowest BCUT2D eigenvalue weighted by Gasteiger charge is -2.24. The standard InChI is InChI=1S/C12H18N2O2S/c1-9(6-8-17-3)14(2)12(16)11-10(15)5-4-7-13-11/h4-5,7,9,15H,6,8H2,1-3H3/t9-/m0/s1. The molecule has 5 heteroatoms. The van der Waals surface area contributed by atoms with Crippen LogP contribution in [0, 0.1) is 0 Å². The van der Waals surface area contributed by atoms with Gasteiger partial charge in [0, 0.05) is 19.3 Å². The maximum Gasteiger partial charge on any atom is 0.276 e. The average Bonchev–Trinajstić information content (AvgIpc) is 2.34. The molecule has 0 unspecified atom stereocenters. The Labute approximate surface area is 106 Å². The molecule has 1 aromatic heterocycles. The van der Waals surface area contributed by atoms with Crippen LogP contribution in [0.3, 0.4) is 0 Å². The van der Waals surface area contributed by atoms with Crippen molar-refractivity contribution in [2.24, 2.45) is 0 Å². The molecule has 0 fully saturated rings. The summed E-state index contributed by atoms with van der Waals surface area (Å²) in [7, 11) is 1.74. The van der Waals surface area contributed by atoms with Crippen molar-refractivity contribution in [3.05, 3.63) is 24.0 Å². The highest BCUT2D eigenvalue weighted by molar-refractivity contribution is 7.98. The van der Waals surface area contributed by atoms with Crippen LogP contribution in [0.1, 0.15) is 23.8 Å². The summed E-state index contributed by atoms with van der Waals surface area (Å²) in [5.41, 5.74) is 0.117. The highest BCUT2D eigenvalue weighted by atomic mass is 32.2. The van der Waals surface area contributed by atoms with E-state index in [1.807, 2.05) is 13.2 Å². The zero-order chi connectivity index (χ0) is 12.8. The molecule has 0 bridgehead atoms. The zero-order valence-corrected chi connectivity index (χ0v) is 11.2. The molecule has 4 nitrogen and oxygen atoms in total. The van der Waals surface area contributed by atoms with E-state index >= 15 is 0 Å². The Hall–Kier alpha value is -1.23. The van der Waals surface area contributed by atoms with Gasteiger partial charge in [0.15, 0.2) is 5.69 Å². The van der Waals surface area contributed by atoms with Gasteiger partial charge in [-0.15, -0.1) is 0 Å². The molecule has 1 aromatic rings. The Morgan fingerprint density at radius 1 is 1.65 bits per heavy atom. The topological polar surface area (TPSA) is 53.4 Å². The van der Waals surface area contributed by atoms with Crippen molar-refractivity contribution < 1.29 is 9.90 Å². The van der Waals surface area contributed by atoms with Gasteiger partial charge in [-0.1, -0.05) is 0 Å². The van der Waals surface area contributed by atoms with Crippen molar-refractivity contribution in [3.63, 3.8) is 0 Å². The van der Waals surface area contributed by atoms with Gasteiger partial charge in [-0.25, -0.2) is 4.98 Å². The molecule has 1 atom stereocenters. The molecule has 1 N–H and O–H groups in total. The molecule has 0 aliphatic heterocycles. The number of carbonyl (C=O) groups is 1. The number of pyridine rings is 1. The first-order valence-corrected chi connectivity index (χ1v) is 6.87. The Kier molecular flexibility index (Phi) is 5.28. The Bertz CT molecular complexity index is 385. The highest BCUT2D eigenvalue weighted by Gasteiger charge is 2.20. The van der Waals surface area contributed by atoms with Crippen LogP contribution in [-0.2, 0) is 0 Å². The third kappa shape index (κ3) is 3.63. The number of carbonyl (C=O) groups excluding carboxylic acids is 1. The van der Waals surface area contributed by atoms with E-state index in [2.05, 4.69) is 4.98 Å². The number of aromatic hydroxyl groups is 1. The maximum absolute atomic E-state index is 12.1. The third-order valence-electron chi connectivity index (χ3n) is 2.71. The van der Waals surface area contributed by atoms with Crippen molar-refractivity contribution >= 4 is 17.7 Å². The van der Waals surface area contributed by atoms with Gasteiger partial charge >= 0.3 is 0 Å². The smallest absolute Gasteiger partial charge is 0.276 e. The fraction of sp³-hybridized carbons (Fsp3) is 0.500. The van der Waals surface area contributed by atoms with Gasteiger partial charge in [0.1, 0.15) is 5.75 Å². The number of nitrogens with zero attached hydrogens (tertiary/aromatic N) is 2. The lowest BCUT2D eigenvalue weighted by molar-refractivity contribution is 0.0732. The van der Waals surface area contributed by atoms with Crippen LogP contribution in [0.5, 0.6) is 5.75 Å². The van der Waals surface area contributed by atoms with E-state index in [0.717, 1.165) is 12.2 Å². The largest absolute Gasteiger partial charge is 0.505 e. The minimum Gasteiger partial charge on any atom is -0.505 e. The minimum atomic E-state index is -0.239. The third-order valence-corrected chi connectivity index (χ3v) is 3.35. The molecule has 0 aromatic carbocycles. The van der Waals surface area contributed by atoms with Gasteiger partial charge in [0.25, 0.3) is 5.91 Å². The van der Waals surface area contributed by atoms with Crippen molar-refractivity contribution in [2.45, 2.75) is 19.4 Å². The quantitative estimate of drug-likeness (QED) is 0.873. The van der Waals surface area contributed by atoms with Gasteiger partial charge in [-0.05, 0) is 37.5 Å². The second-order valence-electron chi connectivity index (χ2n) is 3.92. The SMILES string of the molecule is CSCC[C@H](C)N(C)C(=O)c1ncccc1O. The van der Waals surface area contributed by atoms with Gasteiger partial charge in [-0.2, -0.15) is 11.8 Å². The summed E-state index contributed by atoms with van der Waals surface area (Å²) in [6.45, 7) is 1.99. The van der Waals surface area contributed by atoms with Crippen LogP contribution < -0.4 is 0 Å². The molecule has 1 amide bonds. The van der Waals surface area contributed by atoms with Gasteiger partial charge < -0.3 is 10.0 Å². The average molecular weight is 254 g/mol. The lowest BCUT2D eigenvalue weighted by Crippen LogP contribution is -2.35. The summed E-state index contributed by atoms with van der Waals surface area (Å²) in [6.07, 6.45) is 4.48. The van der Waals surface area contributed by atoms with E-state index in [1.165, 1.54) is 12.3 Å². The van der Waals surface area contributed by atoms with Crippen LogP contribution in [-0.4, -0.2) is 46.0 Å². The lowest BCUT2D eigenvalue weighted by atomic mass is 10.2. The molecule has 0 saturated heterocycles. The van der Waals surface area contributed by atoms with E-state index in [0.29, 0.717) is 0 Å². The summed E-state index contributed by atoms with van der Waals surface area (Å²) in [4.78, 5) is 17.6. The Morgan fingerprint density at radius 3 is 2.94 bits per heavy atom. The molecule has 94 valence electrons. The molecule has 0 spiro atoms. The Morgan fingerprint density at radius 2 is 2.35 bits per heavy atom. The molecular formula is C12H18N2O2S. The second kappa shape index (κ2) is 6.49. The van der Waals surface area contributed by atoms with Crippen molar-refractivity contribution in [1.29, 1.82) is 0 Å². The van der Waals surface area contributed by atoms with E-state index in [4.69, 9.17) is 0 Å². The number of hydrogen-bond donors (Lipinski definition) is 1. The number of amides is 1. The first kappa shape index (κ1) is 13.8. The van der Waals surface area contributed by atoms with Crippen molar-refractivity contribution in [1.82, 2.24) is 9.88 Å². The first-order chi connectivity index (χ1) is 8.07. The van der Waals surface area contributed by atoms with Gasteiger partial charge in [-0.3, -0.25) is 4.79 Å². The van der Waals surface area contributed by atoms with E-state index in [-0.39, 0.29) is 23.4 Å². The molecule has 0 radical (unpaired) electrons. The number of thioether (sulfide) groups is 1. The van der Waals surface area contributed by atoms with Crippen LogP contribution in [0.4, 0.5) is 0 Å².